The molecule has 2 nitrogen and oxygen atoms in total. The van der Waals surface area contributed by atoms with Gasteiger partial charge in [-0.2, -0.15) is 0 Å². The molecular formula is C9H9FN2. The first kappa shape index (κ1) is 7.28. The van der Waals surface area contributed by atoms with E-state index in [2.05, 4.69) is 4.98 Å². The SMILES string of the molecule is CCc1cn2cc(F)ccc2n1. The molecule has 0 bridgehead atoms. The lowest BCUT2D eigenvalue weighted by Gasteiger charge is -1.90. The Kier molecular flexibility index (Phi) is 1.57. The smallest absolute Gasteiger partial charge is 0.139 e. The normalized spacial score (nSPS) is 10.8. The largest absolute Gasteiger partial charge is 0.304 e. The molecule has 2 heterocycles. The number of pyridine rings is 1. The van der Waals surface area contributed by atoms with Crippen molar-refractivity contribution in [1.82, 2.24) is 9.38 Å². The van der Waals surface area contributed by atoms with Crippen molar-refractivity contribution in [3.63, 3.8) is 0 Å². The van der Waals surface area contributed by atoms with Crippen molar-refractivity contribution >= 4 is 5.65 Å². The second-order valence-corrected chi connectivity index (χ2v) is 2.70. The van der Waals surface area contributed by atoms with E-state index < -0.39 is 0 Å². The summed E-state index contributed by atoms with van der Waals surface area (Å²) in [5, 5.41) is 0. The number of aromatic nitrogens is 2. The fraction of sp³-hybridized carbons (Fsp3) is 0.222. The van der Waals surface area contributed by atoms with E-state index in [0.717, 1.165) is 17.8 Å². The summed E-state index contributed by atoms with van der Waals surface area (Å²) in [6.07, 6.45) is 4.16. The van der Waals surface area contributed by atoms with Crippen molar-refractivity contribution in [1.29, 1.82) is 0 Å². The van der Waals surface area contributed by atoms with E-state index in [1.54, 1.807) is 10.5 Å². The zero-order chi connectivity index (χ0) is 8.55. The summed E-state index contributed by atoms with van der Waals surface area (Å²) < 4.78 is 14.4. The van der Waals surface area contributed by atoms with Crippen LogP contribution in [-0.4, -0.2) is 9.38 Å². The standard InChI is InChI=1S/C9H9FN2/c1-2-8-6-12-5-7(10)3-4-9(12)11-8/h3-6H,2H2,1H3. The Morgan fingerprint density at radius 3 is 3.00 bits per heavy atom. The van der Waals surface area contributed by atoms with Gasteiger partial charge in [-0.05, 0) is 18.6 Å². The molecule has 0 aromatic carbocycles. The van der Waals surface area contributed by atoms with Crippen LogP contribution in [0.1, 0.15) is 12.6 Å². The summed E-state index contributed by atoms with van der Waals surface area (Å²) in [7, 11) is 0. The first-order valence-electron chi connectivity index (χ1n) is 3.92. The summed E-state index contributed by atoms with van der Waals surface area (Å²) in [5.41, 5.74) is 1.79. The molecule has 0 aliphatic heterocycles. The Hall–Kier alpha value is -1.38. The molecule has 0 aliphatic carbocycles. The van der Waals surface area contributed by atoms with Crippen LogP contribution in [0.25, 0.3) is 5.65 Å². The predicted octanol–water partition coefficient (Wildman–Crippen LogP) is 2.04. The minimum absolute atomic E-state index is 0.234. The molecule has 0 amide bonds. The third-order valence-corrected chi connectivity index (χ3v) is 1.83. The maximum absolute atomic E-state index is 12.7. The van der Waals surface area contributed by atoms with Crippen LogP contribution in [0.3, 0.4) is 0 Å². The number of hydrogen-bond acceptors (Lipinski definition) is 1. The summed E-state index contributed by atoms with van der Waals surface area (Å²) in [6, 6.07) is 3.09. The van der Waals surface area contributed by atoms with Crippen molar-refractivity contribution in [3.8, 4) is 0 Å². The van der Waals surface area contributed by atoms with Gasteiger partial charge in [0.1, 0.15) is 11.5 Å². The van der Waals surface area contributed by atoms with E-state index in [-0.39, 0.29) is 5.82 Å². The van der Waals surface area contributed by atoms with E-state index in [0.29, 0.717) is 0 Å². The van der Waals surface area contributed by atoms with E-state index in [1.165, 1.54) is 12.3 Å². The Labute approximate surface area is 69.7 Å². The van der Waals surface area contributed by atoms with Gasteiger partial charge in [-0.25, -0.2) is 9.37 Å². The Morgan fingerprint density at radius 1 is 1.42 bits per heavy atom. The van der Waals surface area contributed by atoms with Crippen molar-refractivity contribution in [2.24, 2.45) is 0 Å². The quantitative estimate of drug-likeness (QED) is 0.630. The zero-order valence-corrected chi connectivity index (χ0v) is 6.79. The molecule has 0 unspecified atom stereocenters. The van der Waals surface area contributed by atoms with Crippen LogP contribution in [0, 0.1) is 5.82 Å². The first-order chi connectivity index (χ1) is 5.79. The van der Waals surface area contributed by atoms with E-state index in [4.69, 9.17) is 0 Å². The highest BCUT2D eigenvalue weighted by Crippen LogP contribution is 2.06. The minimum atomic E-state index is -0.234. The summed E-state index contributed by atoms with van der Waals surface area (Å²) >= 11 is 0. The number of rotatable bonds is 1. The van der Waals surface area contributed by atoms with Gasteiger partial charge in [0.2, 0.25) is 0 Å². The summed E-state index contributed by atoms with van der Waals surface area (Å²) in [5.74, 6) is -0.234. The van der Waals surface area contributed by atoms with Gasteiger partial charge in [-0.3, -0.25) is 0 Å². The number of imidazole rings is 1. The molecule has 3 heteroatoms. The molecule has 12 heavy (non-hydrogen) atoms. The molecule has 2 aromatic heterocycles. The van der Waals surface area contributed by atoms with Gasteiger partial charge in [0.25, 0.3) is 0 Å². The van der Waals surface area contributed by atoms with E-state index in [9.17, 15) is 4.39 Å². The molecular weight excluding hydrogens is 155 g/mol. The maximum atomic E-state index is 12.7. The summed E-state index contributed by atoms with van der Waals surface area (Å²) in [6.45, 7) is 2.03. The van der Waals surface area contributed by atoms with Crippen LogP contribution in [0.15, 0.2) is 24.5 Å². The van der Waals surface area contributed by atoms with Crippen molar-refractivity contribution < 1.29 is 4.39 Å². The highest BCUT2D eigenvalue weighted by Gasteiger charge is 1.99. The van der Waals surface area contributed by atoms with Crippen molar-refractivity contribution in [2.75, 3.05) is 0 Å². The number of halogens is 1. The van der Waals surface area contributed by atoms with Gasteiger partial charge in [0.05, 0.1) is 5.69 Å². The molecule has 0 atom stereocenters. The van der Waals surface area contributed by atoms with Crippen LogP contribution >= 0.6 is 0 Å². The van der Waals surface area contributed by atoms with Gasteiger partial charge in [0.15, 0.2) is 0 Å². The lowest BCUT2D eigenvalue weighted by Crippen LogP contribution is -1.83. The average molecular weight is 164 g/mol. The lowest BCUT2D eigenvalue weighted by molar-refractivity contribution is 0.619. The van der Waals surface area contributed by atoms with Gasteiger partial charge >= 0.3 is 0 Å². The molecule has 0 aliphatic rings. The van der Waals surface area contributed by atoms with Crippen molar-refractivity contribution in [3.05, 3.63) is 36.0 Å². The Balaban J connectivity index is 2.67. The number of nitrogens with zero attached hydrogens (tertiary/aromatic N) is 2. The highest BCUT2D eigenvalue weighted by atomic mass is 19.1. The molecule has 0 saturated heterocycles. The van der Waals surface area contributed by atoms with Gasteiger partial charge < -0.3 is 4.40 Å². The number of hydrogen-bond donors (Lipinski definition) is 0. The maximum Gasteiger partial charge on any atom is 0.139 e. The molecule has 2 aromatic rings. The van der Waals surface area contributed by atoms with Gasteiger partial charge in [-0.15, -0.1) is 0 Å². The van der Waals surface area contributed by atoms with Crippen LogP contribution < -0.4 is 0 Å². The van der Waals surface area contributed by atoms with Crippen LogP contribution in [0.2, 0.25) is 0 Å². The van der Waals surface area contributed by atoms with Crippen LogP contribution in [-0.2, 0) is 6.42 Å². The predicted molar refractivity (Wildman–Crippen MR) is 44.5 cm³/mol. The molecule has 0 saturated carbocycles. The summed E-state index contributed by atoms with van der Waals surface area (Å²) in [4.78, 5) is 4.27. The number of fused-ring (bicyclic) bond motifs is 1. The molecule has 0 radical (unpaired) electrons. The Bertz CT molecular complexity index is 406. The minimum Gasteiger partial charge on any atom is -0.304 e. The lowest BCUT2D eigenvalue weighted by atomic mass is 10.4. The molecule has 0 N–H and O–H groups in total. The van der Waals surface area contributed by atoms with E-state index >= 15 is 0 Å². The molecule has 62 valence electrons. The fourth-order valence-electron chi connectivity index (χ4n) is 1.19. The zero-order valence-electron chi connectivity index (χ0n) is 6.79. The highest BCUT2D eigenvalue weighted by molar-refractivity contribution is 5.39. The monoisotopic (exact) mass is 164 g/mol. The first-order valence-corrected chi connectivity index (χ1v) is 3.92. The van der Waals surface area contributed by atoms with Gasteiger partial charge in [0, 0.05) is 12.4 Å². The third kappa shape index (κ3) is 1.07. The van der Waals surface area contributed by atoms with Crippen LogP contribution in [0.5, 0.6) is 0 Å². The van der Waals surface area contributed by atoms with Gasteiger partial charge in [-0.1, -0.05) is 6.92 Å². The average Bonchev–Trinajstić information content (AvgIpc) is 2.46. The Morgan fingerprint density at radius 2 is 2.25 bits per heavy atom. The van der Waals surface area contributed by atoms with E-state index in [1.807, 2.05) is 13.1 Å². The van der Waals surface area contributed by atoms with Crippen LogP contribution in [0.4, 0.5) is 4.39 Å². The fourth-order valence-corrected chi connectivity index (χ4v) is 1.19. The van der Waals surface area contributed by atoms with Crippen molar-refractivity contribution in [2.45, 2.75) is 13.3 Å². The molecule has 2 rings (SSSR count). The third-order valence-electron chi connectivity index (χ3n) is 1.83. The number of aryl methyl sites for hydroxylation is 1. The second kappa shape index (κ2) is 2.59. The molecule has 0 fully saturated rings. The topological polar surface area (TPSA) is 17.3 Å². The second-order valence-electron chi connectivity index (χ2n) is 2.70. The molecule has 0 spiro atoms.